The van der Waals surface area contributed by atoms with Gasteiger partial charge in [0.05, 0.1) is 11.6 Å². The van der Waals surface area contributed by atoms with E-state index in [0.29, 0.717) is 17.3 Å². The fourth-order valence-corrected chi connectivity index (χ4v) is 3.03. The predicted octanol–water partition coefficient (Wildman–Crippen LogP) is 2.61. The van der Waals surface area contributed by atoms with Crippen LogP contribution in [-0.4, -0.2) is 32.8 Å². The highest BCUT2D eigenvalue weighted by molar-refractivity contribution is 6.30. The molecule has 1 aromatic heterocycles. The third kappa shape index (κ3) is 3.39. The van der Waals surface area contributed by atoms with E-state index >= 15 is 0 Å². The van der Waals surface area contributed by atoms with Crippen LogP contribution in [0.15, 0.2) is 48.5 Å². The summed E-state index contributed by atoms with van der Waals surface area (Å²) in [6, 6.07) is 14.8. The molecule has 0 N–H and O–H groups in total. The first-order valence-corrected chi connectivity index (χ1v) is 8.49. The fraction of sp³-hybridized carbons (Fsp3) is 0.222. The number of esters is 1. The first-order chi connectivity index (χ1) is 12.7. The average Bonchev–Trinajstić information content (AvgIpc) is 3.15. The number of aromatic nitrogens is 4. The van der Waals surface area contributed by atoms with Crippen LogP contribution in [0.1, 0.15) is 11.4 Å². The van der Waals surface area contributed by atoms with Gasteiger partial charge in [0.25, 0.3) is 0 Å². The van der Waals surface area contributed by atoms with Crippen molar-refractivity contribution < 1.29 is 14.3 Å². The van der Waals surface area contributed by atoms with Gasteiger partial charge >= 0.3 is 5.97 Å². The van der Waals surface area contributed by atoms with E-state index in [4.69, 9.17) is 21.1 Å². The van der Waals surface area contributed by atoms with Gasteiger partial charge in [-0.3, -0.25) is 4.79 Å². The van der Waals surface area contributed by atoms with Crippen molar-refractivity contribution in [1.29, 1.82) is 0 Å². The van der Waals surface area contributed by atoms with Crippen LogP contribution in [0.5, 0.6) is 5.75 Å². The van der Waals surface area contributed by atoms with Crippen LogP contribution in [0.25, 0.3) is 5.69 Å². The number of para-hydroxylation sites is 1. The Hall–Kier alpha value is -2.93. The Morgan fingerprint density at radius 3 is 2.96 bits per heavy atom. The van der Waals surface area contributed by atoms with Crippen LogP contribution >= 0.6 is 11.6 Å². The van der Waals surface area contributed by atoms with Crippen LogP contribution in [0.2, 0.25) is 5.02 Å². The Morgan fingerprint density at radius 1 is 1.27 bits per heavy atom. The first-order valence-electron chi connectivity index (χ1n) is 8.11. The highest BCUT2D eigenvalue weighted by Crippen LogP contribution is 2.30. The van der Waals surface area contributed by atoms with E-state index in [-0.39, 0.29) is 25.1 Å². The van der Waals surface area contributed by atoms with Crippen molar-refractivity contribution in [2.45, 2.75) is 13.0 Å². The van der Waals surface area contributed by atoms with Gasteiger partial charge in [-0.1, -0.05) is 29.8 Å². The lowest BCUT2D eigenvalue weighted by molar-refractivity contribution is -0.151. The summed E-state index contributed by atoms with van der Waals surface area (Å²) in [6.07, 6.45) is 0.526. The number of halogens is 1. The summed E-state index contributed by atoms with van der Waals surface area (Å²) in [5.41, 5.74) is 1.70. The molecule has 0 radical (unpaired) electrons. The molecule has 7 nitrogen and oxygen atoms in total. The molecule has 8 heteroatoms. The summed E-state index contributed by atoms with van der Waals surface area (Å²) >= 11 is 6.01. The zero-order valence-electron chi connectivity index (χ0n) is 13.7. The molecule has 132 valence electrons. The quantitative estimate of drug-likeness (QED) is 0.657. The van der Waals surface area contributed by atoms with E-state index in [1.54, 1.807) is 10.7 Å². The molecular formula is C18H15ClN4O3. The molecule has 2 heterocycles. The number of hydrogen-bond acceptors (Lipinski definition) is 6. The largest absolute Gasteiger partial charge is 0.492 e. The third-order valence-electron chi connectivity index (χ3n) is 4.14. The van der Waals surface area contributed by atoms with E-state index in [0.717, 1.165) is 17.0 Å². The molecule has 0 amide bonds. The van der Waals surface area contributed by atoms with Gasteiger partial charge in [0.15, 0.2) is 12.4 Å². The Balaban J connectivity index is 1.42. The highest BCUT2D eigenvalue weighted by atomic mass is 35.5. The van der Waals surface area contributed by atoms with E-state index in [2.05, 4.69) is 15.5 Å². The van der Waals surface area contributed by atoms with Gasteiger partial charge in [0, 0.05) is 5.02 Å². The zero-order valence-corrected chi connectivity index (χ0v) is 14.5. The molecule has 1 aliphatic rings. The van der Waals surface area contributed by atoms with Crippen molar-refractivity contribution in [3.05, 3.63) is 64.9 Å². The molecule has 1 aliphatic heterocycles. The fourth-order valence-electron chi connectivity index (χ4n) is 2.83. The number of carbonyl (C=O) groups is 1. The molecule has 0 bridgehead atoms. The maximum absolute atomic E-state index is 12.4. The lowest BCUT2D eigenvalue weighted by Gasteiger charge is -2.24. The SMILES string of the molecule is O=C(OCc1nnnn1-c1ccccc1)C1COc2ccc(Cl)cc2C1. The molecule has 0 aliphatic carbocycles. The van der Waals surface area contributed by atoms with Gasteiger partial charge in [-0.25, -0.2) is 0 Å². The Bertz CT molecular complexity index is 929. The van der Waals surface area contributed by atoms with Crippen LogP contribution < -0.4 is 4.74 Å². The topological polar surface area (TPSA) is 79.1 Å². The number of tetrazole rings is 1. The van der Waals surface area contributed by atoms with Crippen LogP contribution in [0.4, 0.5) is 0 Å². The minimum absolute atomic E-state index is 0.0143. The van der Waals surface area contributed by atoms with Gasteiger partial charge in [-0.05, 0) is 52.7 Å². The van der Waals surface area contributed by atoms with Gasteiger partial charge in [-0.2, -0.15) is 4.68 Å². The summed E-state index contributed by atoms with van der Waals surface area (Å²) in [4.78, 5) is 12.4. The molecule has 0 saturated carbocycles. The summed E-state index contributed by atoms with van der Waals surface area (Å²) < 4.78 is 12.6. The van der Waals surface area contributed by atoms with Gasteiger partial charge in [0.1, 0.15) is 12.4 Å². The maximum atomic E-state index is 12.4. The van der Waals surface area contributed by atoms with Crippen LogP contribution in [0.3, 0.4) is 0 Å². The number of rotatable bonds is 4. The molecular weight excluding hydrogens is 356 g/mol. The molecule has 1 unspecified atom stereocenters. The van der Waals surface area contributed by atoms with E-state index < -0.39 is 0 Å². The lowest BCUT2D eigenvalue weighted by atomic mass is 9.97. The number of nitrogens with zero attached hydrogens (tertiary/aromatic N) is 4. The summed E-state index contributed by atoms with van der Waals surface area (Å²) in [7, 11) is 0. The molecule has 4 rings (SSSR count). The molecule has 26 heavy (non-hydrogen) atoms. The monoisotopic (exact) mass is 370 g/mol. The number of carbonyl (C=O) groups excluding carboxylic acids is 1. The first kappa shape index (κ1) is 16.5. The van der Waals surface area contributed by atoms with E-state index in [1.807, 2.05) is 42.5 Å². The Labute approximate surface area is 154 Å². The standard InChI is InChI=1S/C18H15ClN4O3/c19-14-6-7-16-12(9-14)8-13(10-25-16)18(24)26-11-17-20-21-22-23(17)15-4-2-1-3-5-15/h1-7,9,13H,8,10-11H2. The zero-order chi connectivity index (χ0) is 17.9. The van der Waals surface area contributed by atoms with Crippen molar-refractivity contribution in [1.82, 2.24) is 20.2 Å². The Morgan fingerprint density at radius 2 is 2.12 bits per heavy atom. The van der Waals surface area contributed by atoms with Crippen molar-refractivity contribution >= 4 is 17.6 Å². The molecule has 3 aromatic rings. The second-order valence-electron chi connectivity index (χ2n) is 5.91. The van der Waals surface area contributed by atoms with Gasteiger partial charge < -0.3 is 9.47 Å². The normalized spacial score (nSPS) is 15.8. The van der Waals surface area contributed by atoms with Gasteiger partial charge in [-0.15, -0.1) is 5.10 Å². The van der Waals surface area contributed by atoms with E-state index in [9.17, 15) is 4.79 Å². The van der Waals surface area contributed by atoms with Crippen molar-refractivity contribution in [2.75, 3.05) is 6.61 Å². The number of hydrogen-bond donors (Lipinski definition) is 0. The summed E-state index contributed by atoms with van der Waals surface area (Å²) in [6.45, 7) is 0.261. The highest BCUT2D eigenvalue weighted by Gasteiger charge is 2.28. The van der Waals surface area contributed by atoms with Crippen molar-refractivity contribution in [2.24, 2.45) is 5.92 Å². The molecule has 0 fully saturated rings. The molecule has 0 spiro atoms. The maximum Gasteiger partial charge on any atom is 0.313 e. The number of fused-ring (bicyclic) bond motifs is 1. The average molecular weight is 371 g/mol. The summed E-state index contributed by atoms with van der Waals surface area (Å²) in [5.74, 6) is 0.469. The minimum Gasteiger partial charge on any atom is -0.492 e. The third-order valence-corrected chi connectivity index (χ3v) is 4.38. The molecule has 0 saturated heterocycles. The molecule has 2 aromatic carbocycles. The van der Waals surface area contributed by atoms with E-state index in [1.165, 1.54) is 0 Å². The molecule has 1 atom stereocenters. The van der Waals surface area contributed by atoms with Crippen LogP contribution in [-0.2, 0) is 22.6 Å². The minimum atomic E-state index is -0.387. The van der Waals surface area contributed by atoms with Crippen LogP contribution in [0, 0.1) is 5.92 Å². The number of benzene rings is 2. The Kier molecular flexibility index (Phi) is 4.53. The van der Waals surface area contributed by atoms with Crippen molar-refractivity contribution in [3.8, 4) is 11.4 Å². The summed E-state index contributed by atoms with van der Waals surface area (Å²) in [5, 5.41) is 12.1. The second-order valence-corrected chi connectivity index (χ2v) is 6.35. The van der Waals surface area contributed by atoms with Crippen molar-refractivity contribution in [3.63, 3.8) is 0 Å². The second kappa shape index (κ2) is 7.13. The smallest absolute Gasteiger partial charge is 0.313 e. The number of ether oxygens (including phenoxy) is 2. The lowest BCUT2D eigenvalue weighted by Crippen LogP contribution is -2.30. The van der Waals surface area contributed by atoms with Gasteiger partial charge in [0.2, 0.25) is 0 Å². The predicted molar refractivity (Wildman–Crippen MR) is 93.1 cm³/mol.